The van der Waals surface area contributed by atoms with Crippen molar-refractivity contribution in [3.63, 3.8) is 0 Å². The molecule has 0 radical (unpaired) electrons. The Balaban J connectivity index is 1.47. The minimum Gasteiger partial charge on any atom is -0.337 e. The van der Waals surface area contributed by atoms with E-state index in [1.54, 1.807) is 0 Å². The summed E-state index contributed by atoms with van der Waals surface area (Å²) in [4.78, 5) is 4.73. The fraction of sp³-hybridized carbons (Fsp3) is 0.400. The molecule has 0 bridgehead atoms. The third-order valence-electron chi connectivity index (χ3n) is 5.63. The molecule has 3 aromatic rings. The van der Waals surface area contributed by atoms with Crippen LogP contribution in [0.5, 0.6) is 0 Å². The number of benzene rings is 2. The first-order chi connectivity index (χ1) is 11.9. The van der Waals surface area contributed by atoms with E-state index >= 15 is 0 Å². The van der Waals surface area contributed by atoms with Gasteiger partial charge in [-0.05, 0) is 36.0 Å². The van der Waals surface area contributed by atoms with Crippen molar-refractivity contribution in [3.8, 4) is 11.4 Å². The molecule has 24 heavy (non-hydrogen) atoms. The van der Waals surface area contributed by atoms with Gasteiger partial charge in [0.1, 0.15) is 0 Å². The van der Waals surface area contributed by atoms with Gasteiger partial charge >= 0.3 is 0 Å². The second kappa shape index (κ2) is 5.71. The van der Waals surface area contributed by atoms with Crippen LogP contribution in [0.25, 0.3) is 22.2 Å². The van der Waals surface area contributed by atoms with Gasteiger partial charge in [0, 0.05) is 11.6 Å². The molecule has 1 saturated heterocycles. The van der Waals surface area contributed by atoms with Crippen molar-refractivity contribution >= 4 is 10.8 Å². The lowest BCUT2D eigenvalue weighted by Crippen LogP contribution is -2.30. The predicted molar refractivity (Wildman–Crippen MR) is 93.5 cm³/mol. The molecule has 1 aliphatic heterocycles. The van der Waals surface area contributed by atoms with Crippen LogP contribution < -0.4 is 5.32 Å². The Hall–Kier alpha value is -2.20. The highest BCUT2D eigenvalue weighted by Gasteiger charge is 2.38. The molecule has 1 saturated carbocycles. The zero-order valence-corrected chi connectivity index (χ0v) is 13.6. The zero-order chi connectivity index (χ0) is 15.9. The monoisotopic (exact) mass is 319 g/mol. The molecular weight excluding hydrogens is 298 g/mol. The van der Waals surface area contributed by atoms with Crippen molar-refractivity contribution in [1.82, 2.24) is 15.5 Å². The summed E-state index contributed by atoms with van der Waals surface area (Å²) in [6, 6.07) is 15.4. The quantitative estimate of drug-likeness (QED) is 0.756. The van der Waals surface area contributed by atoms with Gasteiger partial charge in [-0.3, -0.25) is 0 Å². The Kier molecular flexibility index (Phi) is 3.37. The van der Waals surface area contributed by atoms with Crippen LogP contribution in [0.3, 0.4) is 0 Å². The number of fused-ring (bicyclic) bond motifs is 2. The standard InChI is InChI=1S/C20H21N3O/c1-3-9-15-13(6-1)8-5-10-16(15)19-22-20(24-23-19)18-12-14-7-2-4-11-17(14)21-18/h1,3,5-6,8-10,14,17-18,21H,2,4,7,11-12H2. The third-order valence-corrected chi connectivity index (χ3v) is 5.63. The predicted octanol–water partition coefficient (Wildman–Crippen LogP) is 4.48. The van der Waals surface area contributed by atoms with Crippen LogP contribution >= 0.6 is 0 Å². The number of nitrogens with one attached hydrogen (secondary N) is 1. The Morgan fingerprint density at radius 2 is 1.88 bits per heavy atom. The Morgan fingerprint density at radius 3 is 2.83 bits per heavy atom. The second-order valence-electron chi connectivity index (χ2n) is 7.09. The molecular formula is C20H21N3O. The lowest BCUT2D eigenvalue weighted by Gasteiger charge is -2.24. The molecule has 4 heteroatoms. The van der Waals surface area contributed by atoms with Gasteiger partial charge in [0.15, 0.2) is 0 Å². The summed E-state index contributed by atoms with van der Waals surface area (Å²) in [5.74, 6) is 2.21. The molecule has 1 aromatic heterocycles. The summed E-state index contributed by atoms with van der Waals surface area (Å²) >= 11 is 0. The van der Waals surface area contributed by atoms with Crippen LogP contribution in [-0.2, 0) is 0 Å². The van der Waals surface area contributed by atoms with Crippen molar-refractivity contribution in [2.45, 2.75) is 44.2 Å². The van der Waals surface area contributed by atoms with Gasteiger partial charge in [0.2, 0.25) is 11.7 Å². The minimum atomic E-state index is 0.217. The highest BCUT2D eigenvalue weighted by Crippen LogP contribution is 2.39. The third kappa shape index (κ3) is 2.33. The molecule has 0 spiro atoms. The fourth-order valence-electron chi connectivity index (χ4n) is 4.42. The molecule has 1 N–H and O–H groups in total. The summed E-state index contributed by atoms with van der Waals surface area (Å²) in [6.45, 7) is 0. The van der Waals surface area contributed by atoms with Crippen LogP contribution in [-0.4, -0.2) is 16.2 Å². The van der Waals surface area contributed by atoms with E-state index in [1.165, 1.54) is 36.5 Å². The summed E-state index contributed by atoms with van der Waals surface area (Å²) in [7, 11) is 0. The van der Waals surface area contributed by atoms with Gasteiger partial charge in [-0.1, -0.05) is 60.5 Å². The largest absolute Gasteiger partial charge is 0.337 e. The number of nitrogens with zero attached hydrogens (tertiary/aromatic N) is 2. The van der Waals surface area contributed by atoms with Gasteiger partial charge in [-0.15, -0.1) is 0 Å². The molecule has 1 aliphatic carbocycles. The van der Waals surface area contributed by atoms with E-state index < -0.39 is 0 Å². The topological polar surface area (TPSA) is 51.0 Å². The van der Waals surface area contributed by atoms with Gasteiger partial charge in [-0.25, -0.2) is 0 Å². The molecule has 0 amide bonds. The maximum absolute atomic E-state index is 5.63. The molecule has 2 aromatic carbocycles. The summed E-state index contributed by atoms with van der Waals surface area (Å²) in [6.07, 6.45) is 6.44. The maximum atomic E-state index is 5.63. The zero-order valence-electron chi connectivity index (χ0n) is 13.6. The normalized spacial score (nSPS) is 26.6. The Labute approximate surface area is 141 Å². The van der Waals surface area contributed by atoms with Crippen molar-refractivity contribution < 1.29 is 4.52 Å². The van der Waals surface area contributed by atoms with Crippen molar-refractivity contribution in [1.29, 1.82) is 0 Å². The first-order valence-corrected chi connectivity index (χ1v) is 8.96. The Morgan fingerprint density at radius 1 is 1.00 bits per heavy atom. The lowest BCUT2D eigenvalue weighted by atomic mass is 9.85. The lowest BCUT2D eigenvalue weighted by molar-refractivity contribution is 0.324. The smallest absolute Gasteiger partial charge is 0.244 e. The number of hydrogen-bond donors (Lipinski definition) is 1. The van der Waals surface area contributed by atoms with E-state index in [1.807, 2.05) is 0 Å². The van der Waals surface area contributed by atoms with Crippen molar-refractivity contribution in [2.75, 3.05) is 0 Å². The number of hydrogen-bond acceptors (Lipinski definition) is 4. The van der Waals surface area contributed by atoms with Crippen LogP contribution in [0.1, 0.15) is 44.0 Å². The van der Waals surface area contributed by atoms with Gasteiger partial charge < -0.3 is 9.84 Å². The number of rotatable bonds is 2. The molecule has 4 nitrogen and oxygen atoms in total. The molecule has 2 fully saturated rings. The van der Waals surface area contributed by atoms with E-state index in [0.29, 0.717) is 11.9 Å². The second-order valence-corrected chi connectivity index (χ2v) is 7.09. The minimum absolute atomic E-state index is 0.217. The molecule has 2 aliphatic rings. The molecule has 3 unspecified atom stereocenters. The molecule has 122 valence electrons. The maximum Gasteiger partial charge on any atom is 0.244 e. The highest BCUT2D eigenvalue weighted by atomic mass is 16.5. The van der Waals surface area contributed by atoms with Crippen LogP contribution in [0.2, 0.25) is 0 Å². The summed E-state index contributed by atoms with van der Waals surface area (Å²) < 4.78 is 5.63. The van der Waals surface area contributed by atoms with Crippen molar-refractivity contribution in [2.24, 2.45) is 5.92 Å². The van der Waals surface area contributed by atoms with E-state index in [9.17, 15) is 0 Å². The first kappa shape index (κ1) is 14.2. The summed E-state index contributed by atoms with van der Waals surface area (Å²) in [5, 5.41) is 10.4. The molecule has 2 heterocycles. The van der Waals surface area contributed by atoms with Gasteiger partial charge in [0.25, 0.3) is 0 Å². The first-order valence-electron chi connectivity index (χ1n) is 8.96. The Bertz CT molecular complexity index is 853. The number of aromatic nitrogens is 2. The van der Waals surface area contributed by atoms with Crippen molar-refractivity contribution in [3.05, 3.63) is 48.4 Å². The highest BCUT2D eigenvalue weighted by molar-refractivity contribution is 5.94. The van der Waals surface area contributed by atoms with Crippen LogP contribution in [0, 0.1) is 5.92 Å². The van der Waals surface area contributed by atoms with E-state index in [2.05, 4.69) is 52.9 Å². The van der Waals surface area contributed by atoms with Crippen LogP contribution in [0.4, 0.5) is 0 Å². The molecule has 5 rings (SSSR count). The molecule has 3 atom stereocenters. The SMILES string of the molecule is c1ccc2c(-c3noc(C4CC5CCCCC5N4)n3)cccc2c1. The average Bonchev–Trinajstić information content (AvgIpc) is 3.28. The average molecular weight is 319 g/mol. The van der Waals surface area contributed by atoms with E-state index in [0.717, 1.165) is 23.8 Å². The summed E-state index contributed by atoms with van der Waals surface area (Å²) in [5.41, 5.74) is 1.04. The van der Waals surface area contributed by atoms with E-state index in [-0.39, 0.29) is 6.04 Å². The van der Waals surface area contributed by atoms with Gasteiger partial charge in [0.05, 0.1) is 6.04 Å². The fourth-order valence-corrected chi connectivity index (χ4v) is 4.42. The van der Waals surface area contributed by atoms with E-state index in [4.69, 9.17) is 9.51 Å². The van der Waals surface area contributed by atoms with Gasteiger partial charge in [-0.2, -0.15) is 4.98 Å². The van der Waals surface area contributed by atoms with Crippen LogP contribution in [0.15, 0.2) is 47.0 Å².